The molecule has 0 unspecified atom stereocenters. The third kappa shape index (κ3) is 3.05. The van der Waals surface area contributed by atoms with Gasteiger partial charge in [-0.3, -0.25) is 4.79 Å². The van der Waals surface area contributed by atoms with Crippen molar-refractivity contribution in [1.82, 2.24) is 0 Å². The van der Waals surface area contributed by atoms with E-state index in [9.17, 15) is 4.79 Å². The van der Waals surface area contributed by atoms with Gasteiger partial charge in [0.2, 0.25) is 0 Å². The molecule has 18 heavy (non-hydrogen) atoms. The smallest absolute Gasteiger partial charge is 0.169 e. The number of carbonyl (C=O) groups is 1. The van der Waals surface area contributed by atoms with Gasteiger partial charge >= 0.3 is 0 Å². The molecule has 92 valence electrons. The summed E-state index contributed by atoms with van der Waals surface area (Å²) in [5.74, 6) is 0.0518. The molecule has 0 aliphatic heterocycles. The summed E-state index contributed by atoms with van der Waals surface area (Å²) in [7, 11) is 1.48. The van der Waals surface area contributed by atoms with Crippen LogP contribution in [0.15, 0.2) is 52.3 Å². The second kappa shape index (κ2) is 6.12. The highest BCUT2D eigenvalue weighted by atomic mass is 32.1. The molecule has 0 saturated carbocycles. The molecule has 0 N–H and O–H groups in total. The summed E-state index contributed by atoms with van der Waals surface area (Å²) < 4.78 is 0. The first-order valence-electron chi connectivity index (χ1n) is 5.52. The van der Waals surface area contributed by atoms with E-state index in [4.69, 9.17) is 4.84 Å². The summed E-state index contributed by atoms with van der Waals surface area (Å²) >= 11 is 1.51. The minimum absolute atomic E-state index is 0.0518. The lowest BCUT2D eigenvalue weighted by molar-refractivity contribution is 0.0999. The second-order valence-electron chi connectivity index (χ2n) is 3.70. The quantitative estimate of drug-likeness (QED) is 0.469. The van der Waals surface area contributed by atoms with Crippen molar-refractivity contribution in [2.75, 3.05) is 7.11 Å². The van der Waals surface area contributed by atoms with Gasteiger partial charge in [-0.2, -0.15) is 11.3 Å². The molecule has 0 amide bonds. The average molecular weight is 259 g/mol. The Balaban J connectivity index is 2.18. The summed E-state index contributed by atoms with van der Waals surface area (Å²) in [6, 6.07) is 11.4. The van der Waals surface area contributed by atoms with Crippen molar-refractivity contribution < 1.29 is 9.63 Å². The van der Waals surface area contributed by atoms with E-state index in [0.717, 1.165) is 11.1 Å². The van der Waals surface area contributed by atoms with Gasteiger partial charge in [-0.25, -0.2) is 0 Å². The highest BCUT2D eigenvalue weighted by Crippen LogP contribution is 2.12. The Morgan fingerprint density at radius 3 is 2.61 bits per heavy atom. The van der Waals surface area contributed by atoms with E-state index in [1.807, 2.05) is 47.2 Å². The van der Waals surface area contributed by atoms with Crippen molar-refractivity contribution in [3.63, 3.8) is 0 Å². The summed E-state index contributed by atoms with van der Waals surface area (Å²) in [6.45, 7) is 0. The molecule has 0 bridgehead atoms. The average Bonchev–Trinajstić information content (AvgIpc) is 2.93. The van der Waals surface area contributed by atoms with Crippen LogP contribution in [0.1, 0.15) is 22.3 Å². The molecule has 0 aliphatic carbocycles. The first kappa shape index (κ1) is 12.5. The molecule has 0 aliphatic rings. The number of ketones is 1. The molecule has 0 fully saturated rings. The van der Waals surface area contributed by atoms with Crippen LogP contribution in [0.3, 0.4) is 0 Å². The molecule has 3 nitrogen and oxygen atoms in total. The van der Waals surface area contributed by atoms with Crippen LogP contribution < -0.4 is 0 Å². The molecule has 2 aromatic rings. The lowest BCUT2D eigenvalue weighted by Crippen LogP contribution is -2.09. The first-order chi connectivity index (χ1) is 8.81. The Labute approximate surface area is 110 Å². The first-order valence-corrected chi connectivity index (χ1v) is 6.46. The highest BCUT2D eigenvalue weighted by molar-refractivity contribution is 7.08. The fraction of sp³-hybridized carbons (Fsp3) is 0.143. The fourth-order valence-electron chi connectivity index (χ4n) is 1.61. The largest absolute Gasteiger partial charge is 0.399 e. The predicted octanol–water partition coefficient (Wildman–Crippen LogP) is 3.37. The highest BCUT2D eigenvalue weighted by Gasteiger charge is 2.12. The number of Topliss-reactive ketones (excluding diaryl/α,β-unsaturated/α-hetero) is 1. The van der Waals surface area contributed by atoms with Crippen LogP contribution in [0.2, 0.25) is 0 Å². The van der Waals surface area contributed by atoms with Gasteiger partial charge in [-0.1, -0.05) is 35.5 Å². The van der Waals surface area contributed by atoms with E-state index >= 15 is 0 Å². The summed E-state index contributed by atoms with van der Waals surface area (Å²) in [4.78, 5) is 16.8. The zero-order chi connectivity index (χ0) is 12.8. The number of nitrogens with zero attached hydrogens (tertiary/aromatic N) is 1. The van der Waals surface area contributed by atoms with Crippen molar-refractivity contribution in [2.45, 2.75) is 6.42 Å². The lowest BCUT2D eigenvalue weighted by Gasteiger charge is -2.04. The third-order valence-electron chi connectivity index (χ3n) is 2.48. The number of hydrogen-bond acceptors (Lipinski definition) is 4. The number of carbonyl (C=O) groups excluding carboxylic acids is 1. The van der Waals surface area contributed by atoms with Gasteiger partial charge in [0.15, 0.2) is 5.78 Å². The van der Waals surface area contributed by atoms with Gasteiger partial charge in [-0.05, 0) is 17.0 Å². The van der Waals surface area contributed by atoms with Crippen LogP contribution >= 0.6 is 11.3 Å². The number of oxime groups is 1. The standard InChI is InChI=1S/C14H13NO2S/c1-17-15-13(11-5-3-2-4-6-11)9-14(16)12-7-8-18-10-12/h2-8,10H,9H2,1H3/b15-13+. The Kier molecular flexibility index (Phi) is 4.25. The van der Waals surface area contributed by atoms with Gasteiger partial charge < -0.3 is 4.84 Å². The van der Waals surface area contributed by atoms with E-state index in [1.54, 1.807) is 0 Å². The number of rotatable bonds is 5. The summed E-state index contributed by atoms with van der Waals surface area (Å²) in [5.41, 5.74) is 2.27. The van der Waals surface area contributed by atoms with E-state index in [-0.39, 0.29) is 12.2 Å². The fourth-order valence-corrected chi connectivity index (χ4v) is 2.27. The van der Waals surface area contributed by atoms with Crippen LogP contribution in [0.25, 0.3) is 0 Å². The maximum Gasteiger partial charge on any atom is 0.169 e. The van der Waals surface area contributed by atoms with Crippen LogP contribution in [0.5, 0.6) is 0 Å². The van der Waals surface area contributed by atoms with E-state index in [1.165, 1.54) is 18.4 Å². The van der Waals surface area contributed by atoms with Crippen molar-refractivity contribution in [3.8, 4) is 0 Å². The van der Waals surface area contributed by atoms with Gasteiger partial charge in [-0.15, -0.1) is 0 Å². The Morgan fingerprint density at radius 2 is 2.00 bits per heavy atom. The molecule has 4 heteroatoms. The van der Waals surface area contributed by atoms with Crippen molar-refractivity contribution in [1.29, 1.82) is 0 Å². The van der Waals surface area contributed by atoms with Crippen LogP contribution in [0, 0.1) is 0 Å². The zero-order valence-corrected chi connectivity index (χ0v) is 10.8. The van der Waals surface area contributed by atoms with Crippen molar-refractivity contribution >= 4 is 22.8 Å². The van der Waals surface area contributed by atoms with Gasteiger partial charge in [0.25, 0.3) is 0 Å². The van der Waals surface area contributed by atoms with Crippen LogP contribution in [-0.4, -0.2) is 18.6 Å². The molecule has 0 radical (unpaired) electrons. The number of hydrogen-bond donors (Lipinski definition) is 0. The number of benzene rings is 1. The van der Waals surface area contributed by atoms with E-state index in [2.05, 4.69) is 5.16 Å². The van der Waals surface area contributed by atoms with E-state index < -0.39 is 0 Å². The Hall–Kier alpha value is -1.94. The predicted molar refractivity (Wildman–Crippen MR) is 73.3 cm³/mol. The molecular weight excluding hydrogens is 246 g/mol. The molecule has 1 aromatic carbocycles. The molecule has 0 saturated heterocycles. The summed E-state index contributed by atoms with van der Waals surface area (Å²) in [5, 5.41) is 7.68. The molecule has 0 spiro atoms. The maximum absolute atomic E-state index is 12.0. The minimum Gasteiger partial charge on any atom is -0.399 e. The normalized spacial score (nSPS) is 11.3. The zero-order valence-electron chi connectivity index (χ0n) is 10.00. The van der Waals surface area contributed by atoms with Crippen LogP contribution in [-0.2, 0) is 4.84 Å². The Morgan fingerprint density at radius 1 is 1.22 bits per heavy atom. The van der Waals surface area contributed by atoms with E-state index in [0.29, 0.717) is 5.71 Å². The van der Waals surface area contributed by atoms with Gasteiger partial charge in [0.05, 0.1) is 12.1 Å². The summed E-state index contributed by atoms with van der Waals surface area (Å²) in [6.07, 6.45) is 0.245. The second-order valence-corrected chi connectivity index (χ2v) is 4.48. The third-order valence-corrected chi connectivity index (χ3v) is 3.16. The SMILES string of the molecule is CO/N=C(\CC(=O)c1ccsc1)c1ccccc1. The lowest BCUT2D eigenvalue weighted by atomic mass is 10.0. The molecular formula is C14H13NO2S. The molecule has 1 aromatic heterocycles. The molecule has 0 atom stereocenters. The van der Waals surface area contributed by atoms with Crippen molar-refractivity contribution in [2.24, 2.45) is 5.16 Å². The maximum atomic E-state index is 12.0. The molecule has 1 heterocycles. The monoisotopic (exact) mass is 259 g/mol. The van der Waals surface area contributed by atoms with Crippen LogP contribution in [0.4, 0.5) is 0 Å². The molecule has 2 rings (SSSR count). The number of thiophene rings is 1. The Bertz CT molecular complexity index is 532. The van der Waals surface area contributed by atoms with Gasteiger partial charge in [0.1, 0.15) is 7.11 Å². The van der Waals surface area contributed by atoms with Gasteiger partial charge in [0, 0.05) is 10.9 Å². The minimum atomic E-state index is 0.0518. The topological polar surface area (TPSA) is 38.7 Å². The van der Waals surface area contributed by atoms with Crippen molar-refractivity contribution in [3.05, 3.63) is 58.3 Å².